The van der Waals surface area contributed by atoms with E-state index in [1.165, 1.54) is 38.7 Å². The standard InChI is InChI=1S/C23H22N2O7S/c1-13(26)29-20-12-33-23(22(31-15(3)28)21(20)30-14(2)27)32-18-8-17(10-25-11-18)19-7-5-4-6-16(19)9-24/h4-8,10-11,20-23H,12H2,1-3H3/t20-,21+,22-,23-/m1/s1. The maximum absolute atomic E-state index is 11.8. The second-order valence-electron chi connectivity index (χ2n) is 7.18. The van der Waals surface area contributed by atoms with Gasteiger partial charge < -0.3 is 18.9 Å². The van der Waals surface area contributed by atoms with Crippen molar-refractivity contribution < 1.29 is 33.3 Å². The molecule has 1 aromatic heterocycles. The summed E-state index contributed by atoms with van der Waals surface area (Å²) in [6, 6.07) is 11.0. The van der Waals surface area contributed by atoms with Crippen LogP contribution >= 0.6 is 11.8 Å². The highest BCUT2D eigenvalue weighted by atomic mass is 32.2. The van der Waals surface area contributed by atoms with Gasteiger partial charge in [0, 0.05) is 43.8 Å². The molecule has 1 aliphatic rings. The molecular formula is C23H22N2O7S. The van der Waals surface area contributed by atoms with Crippen LogP contribution in [0.3, 0.4) is 0 Å². The molecule has 1 aliphatic heterocycles. The number of thioether (sulfide) groups is 1. The fourth-order valence-electron chi connectivity index (χ4n) is 3.41. The Kier molecular flexibility index (Phi) is 7.90. The number of pyridine rings is 1. The van der Waals surface area contributed by atoms with Gasteiger partial charge in [-0.3, -0.25) is 19.4 Å². The highest BCUT2D eigenvalue weighted by Crippen LogP contribution is 2.35. The van der Waals surface area contributed by atoms with Crippen molar-refractivity contribution in [3.63, 3.8) is 0 Å². The van der Waals surface area contributed by atoms with Gasteiger partial charge in [0.05, 0.1) is 17.8 Å². The predicted molar refractivity (Wildman–Crippen MR) is 118 cm³/mol. The average molecular weight is 471 g/mol. The predicted octanol–water partition coefficient (Wildman–Crippen LogP) is 2.87. The molecule has 0 aliphatic carbocycles. The Morgan fingerprint density at radius 3 is 2.33 bits per heavy atom. The number of carbonyl (C=O) groups is 3. The van der Waals surface area contributed by atoms with Gasteiger partial charge in [0.25, 0.3) is 0 Å². The molecule has 10 heteroatoms. The first-order valence-electron chi connectivity index (χ1n) is 10.0. The van der Waals surface area contributed by atoms with Crippen molar-refractivity contribution in [1.82, 2.24) is 4.98 Å². The molecule has 1 fully saturated rings. The molecule has 0 bridgehead atoms. The Labute approximate surface area is 195 Å². The van der Waals surface area contributed by atoms with Crippen molar-refractivity contribution in [2.75, 3.05) is 5.75 Å². The lowest BCUT2D eigenvalue weighted by Gasteiger charge is -2.39. The lowest BCUT2D eigenvalue weighted by molar-refractivity contribution is -0.186. The molecule has 0 spiro atoms. The summed E-state index contributed by atoms with van der Waals surface area (Å²) in [6.45, 7) is 3.69. The van der Waals surface area contributed by atoms with Gasteiger partial charge in [-0.2, -0.15) is 5.26 Å². The Bertz CT molecular complexity index is 1080. The molecule has 1 saturated heterocycles. The van der Waals surface area contributed by atoms with E-state index in [1.807, 2.05) is 6.07 Å². The molecule has 0 N–H and O–H groups in total. The van der Waals surface area contributed by atoms with E-state index >= 15 is 0 Å². The third-order valence-corrected chi connectivity index (χ3v) is 5.84. The number of hydrogen-bond acceptors (Lipinski definition) is 10. The zero-order valence-corrected chi connectivity index (χ0v) is 19.0. The van der Waals surface area contributed by atoms with Crippen LogP contribution in [0.15, 0.2) is 42.7 Å². The molecule has 1 aromatic carbocycles. The normalized spacial score (nSPS) is 21.9. The smallest absolute Gasteiger partial charge is 0.303 e. The fraction of sp³-hybridized carbons (Fsp3) is 0.348. The number of esters is 3. The van der Waals surface area contributed by atoms with Gasteiger partial charge in [0.15, 0.2) is 23.7 Å². The summed E-state index contributed by atoms with van der Waals surface area (Å²) in [6.07, 6.45) is 0.205. The molecule has 0 saturated carbocycles. The third-order valence-electron chi connectivity index (χ3n) is 4.63. The number of carbonyl (C=O) groups excluding carboxylic acids is 3. The Morgan fingerprint density at radius 1 is 1.00 bits per heavy atom. The highest BCUT2D eigenvalue weighted by molar-refractivity contribution is 7.99. The maximum atomic E-state index is 11.8. The quantitative estimate of drug-likeness (QED) is 0.459. The van der Waals surface area contributed by atoms with Crippen LogP contribution in [0.25, 0.3) is 11.1 Å². The first-order chi connectivity index (χ1) is 15.8. The van der Waals surface area contributed by atoms with E-state index in [-0.39, 0.29) is 5.75 Å². The number of hydrogen-bond donors (Lipinski definition) is 0. The van der Waals surface area contributed by atoms with Gasteiger partial charge >= 0.3 is 17.9 Å². The van der Waals surface area contributed by atoms with Crippen LogP contribution in [-0.2, 0) is 28.6 Å². The van der Waals surface area contributed by atoms with E-state index in [0.717, 1.165) is 0 Å². The monoisotopic (exact) mass is 470 g/mol. The summed E-state index contributed by atoms with van der Waals surface area (Å²) in [7, 11) is 0. The van der Waals surface area contributed by atoms with Crippen molar-refractivity contribution in [2.24, 2.45) is 0 Å². The molecule has 4 atom stereocenters. The summed E-state index contributed by atoms with van der Waals surface area (Å²) in [5.41, 5.74) is 1.08. The lowest BCUT2D eigenvalue weighted by Crippen LogP contribution is -2.55. The minimum atomic E-state index is -1.04. The molecular weight excluding hydrogens is 448 g/mol. The highest BCUT2D eigenvalue weighted by Gasteiger charge is 2.47. The zero-order chi connectivity index (χ0) is 24.0. The molecule has 33 heavy (non-hydrogen) atoms. The number of benzene rings is 1. The van der Waals surface area contributed by atoms with Crippen LogP contribution in [-0.4, -0.2) is 52.4 Å². The molecule has 0 amide bonds. The van der Waals surface area contributed by atoms with Crippen molar-refractivity contribution in [3.05, 3.63) is 48.3 Å². The maximum Gasteiger partial charge on any atom is 0.303 e. The summed E-state index contributed by atoms with van der Waals surface area (Å²) >= 11 is 1.25. The van der Waals surface area contributed by atoms with E-state index in [0.29, 0.717) is 22.4 Å². The van der Waals surface area contributed by atoms with Gasteiger partial charge in [-0.05, 0) is 12.1 Å². The van der Waals surface area contributed by atoms with Crippen molar-refractivity contribution in [1.29, 1.82) is 5.26 Å². The molecule has 3 rings (SSSR count). The van der Waals surface area contributed by atoms with Crippen LogP contribution in [0.4, 0.5) is 0 Å². The van der Waals surface area contributed by atoms with Gasteiger partial charge in [-0.1, -0.05) is 18.2 Å². The molecule has 2 heterocycles. The minimum Gasteiger partial charge on any atom is -0.474 e. The fourth-order valence-corrected chi connectivity index (χ4v) is 4.62. The number of nitriles is 1. The largest absolute Gasteiger partial charge is 0.474 e. The van der Waals surface area contributed by atoms with E-state index < -0.39 is 41.7 Å². The van der Waals surface area contributed by atoms with Crippen LogP contribution in [0.1, 0.15) is 26.3 Å². The minimum absolute atomic E-state index is 0.254. The van der Waals surface area contributed by atoms with Crippen LogP contribution < -0.4 is 4.74 Å². The van der Waals surface area contributed by atoms with Crippen molar-refractivity contribution in [2.45, 2.75) is 44.5 Å². The summed E-state index contributed by atoms with van der Waals surface area (Å²) in [5.74, 6) is -1.15. The average Bonchev–Trinajstić information content (AvgIpc) is 2.77. The third kappa shape index (κ3) is 6.23. The second-order valence-corrected chi connectivity index (χ2v) is 8.31. The molecule has 0 unspecified atom stereocenters. The van der Waals surface area contributed by atoms with Gasteiger partial charge in [0.1, 0.15) is 5.75 Å². The first kappa shape index (κ1) is 24.1. The van der Waals surface area contributed by atoms with E-state index in [2.05, 4.69) is 11.1 Å². The van der Waals surface area contributed by atoms with Gasteiger partial charge in [-0.15, -0.1) is 11.8 Å². The lowest BCUT2D eigenvalue weighted by atomic mass is 10.0. The summed E-state index contributed by atoms with van der Waals surface area (Å²) < 4.78 is 22.2. The Hall–Kier alpha value is -3.58. The van der Waals surface area contributed by atoms with Crippen molar-refractivity contribution in [3.8, 4) is 22.9 Å². The van der Waals surface area contributed by atoms with E-state index in [1.54, 1.807) is 30.5 Å². The van der Waals surface area contributed by atoms with Gasteiger partial charge in [0.2, 0.25) is 0 Å². The number of ether oxygens (including phenoxy) is 4. The number of aromatic nitrogens is 1. The Morgan fingerprint density at radius 2 is 1.67 bits per heavy atom. The number of rotatable bonds is 6. The Balaban J connectivity index is 1.90. The summed E-state index contributed by atoms with van der Waals surface area (Å²) in [5, 5.41) is 9.39. The van der Waals surface area contributed by atoms with E-state index in [9.17, 15) is 19.6 Å². The summed E-state index contributed by atoms with van der Waals surface area (Å²) in [4.78, 5) is 39.2. The number of nitrogens with zero attached hydrogens (tertiary/aromatic N) is 2. The van der Waals surface area contributed by atoms with Crippen molar-refractivity contribution >= 4 is 29.7 Å². The molecule has 0 radical (unpaired) electrons. The van der Waals surface area contributed by atoms with Crippen LogP contribution in [0, 0.1) is 11.3 Å². The van der Waals surface area contributed by atoms with Crippen LogP contribution in [0.2, 0.25) is 0 Å². The topological polar surface area (TPSA) is 125 Å². The van der Waals surface area contributed by atoms with Crippen LogP contribution in [0.5, 0.6) is 5.75 Å². The van der Waals surface area contributed by atoms with E-state index in [4.69, 9.17) is 18.9 Å². The zero-order valence-electron chi connectivity index (χ0n) is 18.2. The first-order valence-corrected chi connectivity index (χ1v) is 11.1. The second kappa shape index (κ2) is 10.8. The molecule has 172 valence electrons. The molecule has 9 nitrogen and oxygen atoms in total. The molecule has 2 aromatic rings. The van der Waals surface area contributed by atoms with Gasteiger partial charge in [-0.25, -0.2) is 0 Å². The SMILES string of the molecule is CC(=O)O[C@@H]1[C@@H](OC(C)=O)[C@H](OC(C)=O)CS[C@H]1Oc1cncc(-c2ccccc2C#N)c1.